The number of hydrogen-bond donors (Lipinski definition) is 1. The predicted molar refractivity (Wildman–Crippen MR) is 128 cm³/mol. The molecule has 0 aromatic heterocycles. The maximum Gasteiger partial charge on any atom is 0.333 e. The van der Waals surface area contributed by atoms with Gasteiger partial charge in [-0.3, -0.25) is 0 Å². The SMILES string of the molecule is C=C(C)C(=O)O.C=C(C)C(=O)OCCCCCCCCCCCCCCCCCC. The Bertz CT molecular complexity index is 442. The minimum Gasteiger partial charge on any atom is -0.478 e. The molecule has 0 spiro atoms. The third kappa shape index (κ3) is 26.4. The van der Waals surface area contributed by atoms with Crippen LogP contribution in [0.2, 0.25) is 0 Å². The summed E-state index contributed by atoms with van der Waals surface area (Å²) >= 11 is 0. The summed E-state index contributed by atoms with van der Waals surface area (Å²) < 4.78 is 5.08. The van der Waals surface area contributed by atoms with Crippen LogP contribution in [0.5, 0.6) is 0 Å². The van der Waals surface area contributed by atoms with Crippen molar-refractivity contribution in [1.29, 1.82) is 0 Å². The van der Waals surface area contributed by atoms with E-state index < -0.39 is 5.97 Å². The Balaban J connectivity index is 0. The zero-order valence-electron chi connectivity index (χ0n) is 20.1. The number of rotatable bonds is 19. The molecule has 0 fully saturated rings. The molecular formula is C26H48O4. The van der Waals surface area contributed by atoms with Crippen LogP contribution < -0.4 is 0 Å². The zero-order valence-corrected chi connectivity index (χ0v) is 20.1. The average Bonchev–Trinajstić information content (AvgIpc) is 2.70. The van der Waals surface area contributed by atoms with Crippen molar-refractivity contribution in [1.82, 2.24) is 0 Å². The Morgan fingerprint density at radius 2 is 0.933 bits per heavy atom. The highest BCUT2D eigenvalue weighted by Gasteiger charge is 2.01. The lowest BCUT2D eigenvalue weighted by Gasteiger charge is -2.05. The second-order valence-corrected chi connectivity index (χ2v) is 8.31. The molecule has 0 saturated heterocycles. The standard InChI is InChI=1S/C22H42O2.C4H6O2/c1-4-5-6-7-8-9-10-11-12-13-14-15-16-17-18-19-20-24-22(23)21(2)3;1-3(2)4(5)6/h2,4-20H2,1,3H3;1H2,2H3,(H,5,6). The summed E-state index contributed by atoms with van der Waals surface area (Å²) in [7, 11) is 0. The van der Waals surface area contributed by atoms with Gasteiger partial charge in [0, 0.05) is 11.1 Å². The van der Waals surface area contributed by atoms with Gasteiger partial charge >= 0.3 is 11.9 Å². The number of esters is 1. The molecule has 0 atom stereocenters. The second kappa shape index (κ2) is 23.7. The minimum atomic E-state index is -0.935. The lowest BCUT2D eigenvalue weighted by molar-refractivity contribution is -0.139. The van der Waals surface area contributed by atoms with Gasteiger partial charge in [0.15, 0.2) is 0 Å². The van der Waals surface area contributed by atoms with Crippen LogP contribution in [0.1, 0.15) is 124 Å². The monoisotopic (exact) mass is 424 g/mol. The molecule has 0 aromatic carbocycles. The summed E-state index contributed by atoms with van der Waals surface area (Å²) in [5.41, 5.74) is 0.668. The average molecular weight is 425 g/mol. The van der Waals surface area contributed by atoms with Crippen molar-refractivity contribution in [2.75, 3.05) is 6.61 Å². The maximum atomic E-state index is 11.2. The summed E-state index contributed by atoms with van der Waals surface area (Å²) in [6.45, 7) is 12.7. The van der Waals surface area contributed by atoms with Gasteiger partial charge in [-0.1, -0.05) is 116 Å². The molecular weight excluding hydrogens is 376 g/mol. The molecule has 0 aliphatic rings. The van der Waals surface area contributed by atoms with Gasteiger partial charge in [-0.05, 0) is 20.3 Å². The summed E-state index contributed by atoms with van der Waals surface area (Å²) in [5.74, 6) is -1.19. The van der Waals surface area contributed by atoms with Gasteiger partial charge in [0.1, 0.15) is 0 Å². The number of carboxylic acid groups (broad SMARTS) is 1. The molecule has 0 unspecified atom stereocenters. The van der Waals surface area contributed by atoms with E-state index in [1.807, 2.05) is 0 Å². The highest BCUT2D eigenvalue weighted by atomic mass is 16.5. The third-order valence-electron chi connectivity index (χ3n) is 4.94. The van der Waals surface area contributed by atoms with E-state index >= 15 is 0 Å². The molecule has 4 heteroatoms. The summed E-state index contributed by atoms with van der Waals surface area (Å²) in [4.78, 5) is 20.8. The van der Waals surface area contributed by atoms with Crippen LogP contribution in [0, 0.1) is 0 Å². The lowest BCUT2D eigenvalue weighted by Crippen LogP contribution is -2.05. The van der Waals surface area contributed by atoms with Gasteiger partial charge in [-0.15, -0.1) is 0 Å². The first-order valence-electron chi connectivity index (χ1n) is 12.0. The predicted octanol–water partition coefficient (Wildman–Crippen LogP) is 8.01. The molecule has 30 heavy (non-hydrogen) atoms. The Morgan fingerprint density at radius 1 is 0.633 bits per heavy atom. The normalized spacial score (nSPS) is 10.1. The topological polar surface area (TPSA) is 63.6 Å². The molecule has 0 saturated carbocycles. The van der Waals surface area contributed by atoms with Crippen LogP contribution in [0.15, 0.2) is 24.3 Å². The van der Waals surface area contributed by atoms with Crippen molar-refractivity contribution in [3.05, 3.63) is 24.3 Å². The van der Waals surface area contributed by atoms with Crippen LogP contribution >= 0.6 is 0 Å². The molecule has 0 amide bonds. The minimum absolute atomic E-state index is 0.176. The van der Waals surface area contributed by atoms with Crippen LogP contribution in [0.3, 0.4) is 0 Å². The molecule has 0 aliphatic heterocycles. The number of hydrogen-bond acceptors (Lipinski definition) is 3. The van der Waals surface area contributed by atoms with Gasteiger partial charge in [-0.25, -0.2) is 9.59 Å². The summed E-state index contributed by atoms with van der Waals surface area (Å²) in [6.07, 6.45) is 21.7. The van der Waals surface area contributed by atoms with Crippen LogP contribution in [0.25, 0.3) is 0 Å². The van der Waals surface area contributed by atoms with E-state index in [0.717, 1.165) is 6.42 Å². The summed E-state index contributed by atoms with van der Waals surface area (Å²) in [6, 6.07) is 0. The first kappa shape index (κ1) is 30.6. The molecule has 0 rings (SSSR count). The smallest absolute Gasteiger partial charge is 0.333 e. The Morgan fingerprint density at radius 3 is 1.20 bits per heavy atom. The largest absolute Gasteiger partial charge is 0.478 e. The van der Waals surface area contributed by atoms with E-state index in [-0.39, 0.29) is 11.5 Å². The highest BCUT2D eigenvalue weighted by Crippen LogP contribution is 2.13. The molecule has 0 aliphatic carbocycles. The van der Waals surface area contributed by atoms with Crippen molar-refractivity contribution < 1.29 is 19.4 Å². The first-order valence-corrected chi connectivity index (χ1v) is 12.0. The van der Waals surface area contributed by atoms with Gasteiger partial charge in [0.25, 0.3) is 0 Å². The van der Waals surface area contributed by atoms with E-state index in [1.165, 1.54) is 103 Å². The zero-order chi connectivity index (χ0) is 23.0. The van der Waals surface area contributed by atoms with Crippen molar-refractivity contribution >= 4 is 11.9 Å². The quantitative estimate of drug-likeness (QED) is 0.129. The van der Waals surface area contributed by atoms with E-state index in [2.05, 4.69) is 20.1 Å². The molecule has 0 radical (unpaired) electrons. The molecule has 1 N–H and O–H groups in total. The Hall–Kier alpha value is -1.58. The fourth-order valence-corrected chi connectivity index (χ4v) is 2.94. The van der Waals surface area contributed by atoms with Crippen molar-refractivity contribution in [3.63, 3.8) is 0 Å². The molecule has 176 valence electrons. The van der Waals surface area contributed by atoms with Crippen molar-refractivity contribution in [2.45, 2.75) is 124 Å². The molecule has 0 heterocycles. The fraction of sp³-hybridized carbons (Fsp3) is 0.769. The fourth-order valence-electron chi connectivity index (χ4n) is 2.94. The van der Waals surface area contributed by atoms with Gasteiger partial charge in [-0.2, -0.15) is 0 Å². The number of carbonyl (C=O) groups excluding carboxylic acids is 1. The van der Waals surface area contributed by atoms with E-state index in [4.69, 9.17) is 9.84 Å². The van der Waals surface area contributed by atoms with Crippen molar-refractivity contribution in [2.24, 2.45) is 0 Å². The Labute approximate surface area is 186 Å². The maximum absolute atomic E-state index is 11.2. The molecule has 0 bridgehead atoms. The lowest BCUT2D eigenvalue weighted by atomic mass is 10.0. The van der Waals surface area contributed by atoms with Crippen LogP contribution in [-0.2, 0) is 14.3 Å². The number of ether oxygens (including phenoxy) is 1. The van der Waals surface area contributed by atoms with Crippen molar-refractivity contribution in [3.8, 4) is 0 Å². The highest BCUT2D eigenvalue weighted by molar-refractivity contribution is 5.86. The van der Waals surface area contributed by atoms with Crippen LogP contribution in [-0.4, -0.2) is 23.7 Å². The first-order chi connectivity index (χ1) is 14.3. The van der Waals surface area contributed by atoms with E-state index in [9.17, 15) is 9.59 Å². The third-order valence-corrected chi connectivity index (χ3v) is 4.94. The second-order valence-electron chi connectivity index (χ2n) is 8.31. The number of carboxylic acids is 1. The molecule has 0 aromatic rings. The Kier molecular flexibility index (Phi) is 24.2. The van der Waals surface area contributed by atoms with E-state index in [0.29, 0.717) is 12.2 Å². The van der Waals surface area contributed by atoms with Crippen LogP contribution in [0.4, 0.5) is 0 Å². The van der Waals surface area contributed by atoms with E-state index in [1.54, 1.807) is 6.92 Å². The van der Waals surface area contributed by atoms with Gasteiger partial charge < -0.3 is 9.84 Å². The number of unbranched alkanes of at least 4 members (excludes halogenated alkanes) is 15. The molecule has 4 nitrogen and oxygen atoms in total. The summed E-state index contributed by atoms with van der Waals surface area (Å²) in [5, 5.41) is 7.89. The van der Waals surface area contributed by atoms with Gasteiger partial charge in [0.2, 0.25) is 0 Å². The van der Waals surface area contributed by atoms with Gasteiger partial charge in [0.05, 0.1) is 6.61 Å². The number of aliphatic carboxylic acids is 1. The number of carbonyl (C=O) groups is 2.